The van der Waals surface area contributed by atoms with Crippen molar-refractivity contribution in [1.29, 1.82) is 0 Å². The van der Waals surface area contributed by atoms with Crippen molar-refractivity contribution in [2.24, 2.45) is 0 Å². The van der Waals surface area contributed by atoms with Gasteiger partial charge >= 0.3 is 0 Å². The van der Waals surface area contributed by atoms with Gasteiger partial charge in [-0.2, -0.15) is 0 Å². The number of aryl methyl sites for hydroxylation is 3. The SMILES string of the molecule is Cc1cc(C)c(CCNC(=O)CN(C)CC(c2cccs2)N2CCOCC2)c(C)c1. The van der Waals surface area contributed by atoms with E-state index in [0.717, 1.165) is 39.3 Å². The summed E-state index contributed by atoms with van der Waals surface area (Å²) < 4.78 is 5.52. The molecule has 0 saturated carbocycles. The molecular formula is C24H35N3O2S. The molecule has 0 bridgehead atoms. The Morgan fingerprint density at radius 2 is 1.93 bits per heavy atom. The number of hydrogen-bond acceptors (Lipinski definition) is 5. The summed E-state index contributed by atoms with van der Waals surface area (Å²) >= 11 is 1.79. The number of carbonyl (C=O) groups is 1. The number of nitrogens with one attached hydrogen (secondary N) is 1. The molecule has 1 amide bonds. The Kier molecular flexibility index (Phi) is 8.45. The number of benzene rings is 1. The van der Waals surface area contributed by atoms with Crippen LogP contribution in [0.25, 0.3) is 0 Å². The van der Waals surface area contributed by atoms with Gasteiger partial charge in [0.2, 0.25) is 5.91 Å². The summed E-state index contributed by atoms with van der Waals surface area (Å²) in [5.74, 6) is 0.0897. The van der Waals surface area contributed by atoms with Gasteiger partial charge in [0, 0.05) is 31.1 Å². The van der Waals surface area contributed by atoms with E-state index in [1.807, 2.05) is 7.05 Å². The van der Waals surface area contributed by atoms with E-state index < -0.39 is 0 Å². The molecule has 164 valence electrons. The number of ether oxygens (including phenoxy) is 1. The van der Waals surface area contributed by atoms with E-state index in [0.29, 0.717) is 19.1 Å². The Hall–Kier alpha value is -1.73. The molecule has 2 aromatic rings. The van der Waals surface area contributed by atoms with Gasteiger partial charge in [0.1, 0.15) is 0 Å². The van der Waals surface area contributed by atoms with Crippen LogP contribution in [0.2, 0.25) is 0 Å². The number of hydrogen-bond donors (Lipinski definition) is 1. The highest BCUT2D eigenvalue weighted by molar-refractivity contribution is 7.10. The highest BCUT2D eigenvalue weighted by Gasteiger charge is 2.25. The number of amides is 1. The zero-order chi connectivity index (χ0) is 21.5. The summed E-state index contributed by atoms with van der Waals surface area (Å²) in [7, 11) is 2.04. The van der Waals surface area contributed by atoms with Crippen LogP contribution >= 0.6 is 11.3 Å². The van der Waals surface area contributed by atoms with Crippen molar-refractivity contribution in [3.8, 4) is 0 Å². The van der Waals surface area contributed by atoms with Gasteiger partial charge in [-0.25, -0.2) is 0 Å². The standard InChI is InChI=1S/C24H35N3O2S/c1-18-14-19(2)21(20(3)15-18)7-8-25-24(28)17-26(4)16-22(23-6-5-13-30-23)27-9-11-29-12-10-27/h5-6,13-15,22H,7-12,16-17H2,1-4H3,(H,25,28). The normalized spacial score (nSPS) is 16.0. The minimum absolute atomic E-state index is 0.0897. The Bertz CT molecular complexity index is 793. The maximum atomic E-state index is 12.5. The summed E-state index contributed by atoms with van der Waals surface area (Å²) in [6, 6.07) is 9.05. The van der Waals surface area contributed by atoms with E-state index in [1.54, 1.807) is 11.3 Å². The Labute approximate surface area is 185 Å². The first-order valence-corrected chi connectivity index (χ1v) is 11.7. The molecule has 1 fully saturated rings. The lowest BCUT2D eigenvalue weighted by Gasteiger charge is -2.36. The van der Waals surface area contributed by atoms with Gasteiger partial charge in [0.15, 0.2) is 0 Å². The van der Waals surface area contributed by atoms with Crippen LogP contribution in [-0.2, 0) is 16.0 Å². The fraction of sp³-hybridized carbons (Fsp3) is 0.542. The minimum Gasteiger partial charge on any atom is -0.379 e. The Morgan fingerprint density at radius 1 is 1.23 bits per heavy atom. The van der Waals surface area contributed by atoms with Crippen LogP contribution < -0.4 is 5.32 Å². The molecule has 1 saturated heterocycles. The van der Waals surface area contributed by atoms with Crippen LogP contribution in [0.1, 0.15) is 33.2 Å². The maximum absolute atomic E-state index is 12.5. The summed E-state index contributed by atoms with van der Waals surface area (Å²) in [6.07, 6.45) is 0.874. The van der Waals surface area contributed by atoms with Crippen LogP contribution in [0, 0.1) is 20.8 Å². The molecule has 30 heavy (non-hydrogen) atoms. The van der Waals surface area contributed by atoms with Gasteiger partial charge in [-0.1, -0.05) is 23.8 Å². The number of nitrogens with zero attached hydrogens (tertiary/aromatic N) is 2. The average Bonchev–Trinajstić information content (AvgIpc) is 3.23. The fourth-order valence-corrected chi connectivity index (χ4v) is 5.20. The predicted octanol–water partition coefficient (Wildman–Crippen LogP) is 3.34. The molecule has 1 N–H and O–H groups in total. The molecule has 2 heterocycles. The lowest BCUT2D eigenvalue weighted by atomic mass is 9.97. The average molecular weight is 430 g/mol. The quantitative estimate of drug-likeness (QED) is 0.664. The van der Waals surface area contributed by atoms with Gasteiger partial charge < -0.3 is 10.1 Å². The van der Waals surface area contributed by atoms with E-state index in [-0.39, 0.29) is 5.91 Å². The smallest absolute Gasteiger partial charge is 0.234 e. The molecule has 0 aliphatic carbocycles. The van der Waals surface area contributed by atoms with Gasteiger partial charge in [0.05, 0.1) is 25.8 Å². The van der Waals surface area contributed by atoms with Gasteiger partial charge in [0.25, 0.3) is 0 Å². The Balaban J connectivity index is 1.49. The third kappa shape index (κ3) is 6.38. The van der Waals surface area contributed by atoms with Crippen molar-refractivity contribution in [3.63, 3.8) is 0 Å². The van der Waals surface area contributed by atoms with E-state index in [9.17, 15) is 4.79 Å². The third-order valence-electron chi connectivity index (χ3n) is 5.79. The fourth-order valence-electron chi connectivity index (χ4n) is 4.35. The van der Waals surface area contributed by atoms with Crippen molar-refractivity contribution < 1.29 is 9.53 Å². The number of rotatable bonds is 9. The lowest BCUT2D eigenvalue weighted by molar-refractivity contribution is -0.122. The van der Waals surface area contributed by atoms with Crippen molar-refractivity contribution in [2.45, 2.75) is 33.2 Å². The van der Waals surface area contributed by atoms with Gasteiger partial charge in [-0.15, -0.1) is 11.3 Å². The van der Waals surface area contributed by atoms with Crippen molar-refractivity contribution in [1.82, 2.24) is 15.1 Å². The third-order valence-corrected chi connectivity index (χ3v) is 6.77. The summed E-state index contributed by atoms with van der Waals surface area (Å²) in [6.45, 7) is 11.8. The van der Waals surface area contributed by atoms with Crippen molar-refractivity contribution in [2.75, 3.05) is 53.0 Å². The molecular weight excluding hydrogens is 394 g/mol. The molecule has 1 atom stereocenters. The number of carbonyl (C=O) groups excluding carboxylic acids is 1. The summed E-state index contributed by atoms with van der Waals surface area (Å²) in [5, 5.41) is 5.24. The van der Waals surface area contributed by atoms with E-state index >= 15 is 0 Å². The monoisotopic (exact) mass is 429 g/mol. The highest BCUT2D eigenvalue weighted by Crippen LogP contribution is 2.26. The van der Waals surface area contributed by atoms with E-state index in [2.05, 4.69) is 65.5 Å². The second kappa shape index (κ2) is 11.0. The molecule has 5 nitrogen and oxygen atoms in total. The molecule has 6 heteroatoms. The molecule has 0 radical (unpaired) electrons. The molecule has 0 spiro atoms. The first kappa shape index (κ1) is 22.9. The van der Waals surface area contributed by atoms with Gasteiger partial charge in [-0.05, 0) is 62.4 Å². The highest BCUT2D eigenvalue weighted by atomic mass is 32.1. The van der Waals surface area contributed by atoms with Crippen LogP contribution in [0.4, 0.5) is 0 Å². The van der Waals surface area contributed by atoms with Crippen LogP contribution in [-0.4, -0.2) is 68.7 Å². The molecule has 1 aromatic heterocycles. The first-order chi connectivity index (χ1) is 14.4. The topological polar surface area (TPSA) is 44.8 Å². The molecule has 1 unspecified atom stereocenters. The molecule has 1 aliphatic rings. The zero-order valence-electron chi connectivity index (χ0n) is 18.7. The van der Waals surface area contributed by atoms with Gasteiger partial charge in [-0.3, -0.25) is 14.6 Å². The van der Waals surface area contributed by atoms with Crippen LogP contribution in [0.3, 0.4) is 0 Å². The molecule has 3 rings (SSSR count). The maximum Gasteiger partial charge on any atom is 0.234 e. The van der Waals surface area contributed by atoms with E-state index in [1.165, 1.54) is 27.1 Å². The number of likely N-dealkylation sites (N-methyl/N-ethyl adjacent to an activating group) is 1. The minimum atomic E-state index is 0.0897. The second-order valence-electron chi connectivity index (χ2n) is 8.35. The number of thiophene rings is 1. The Morgan fingerprint density at radius 3 is 2.57 bits per heavy atom. The van der Waals surface area contributed by atoms with Crippen molar-refractivity contribution >= 4 is 17.2 Å². The summed E-state index contributed by atoms with van der Waals surface area (Å²) in [4.78, 5) is 18.5. The second-order valence-corrected chi connectivity index (χ2v) is 9.33. The lowest BCUT2D eigenvalue weighted by Crippen LogP contribution is -2.44. The largest absolute Gasteiger partial charge is 0.379 e. The molecule has 1 aromatic carbocycles. The predicted molar refractivity (Wildman–Crippen MR) is 124 cm³/mol. The first-order valence-electron chi connectivity index (χ1n) is 10.8. The molecule has 1 aliphatic heterocycles. The van der Waals surface area contributed by atoms with Crippen molar-refractivity contribution in [3.05, 3.63) is 56.8 Å². The van der Waals surface area contributed by atoms with E-state index in [4.69, 9.17) is 4.74 Å². The zero-order valence-corrected chi connectivity index (χ0v) is 19.6. The summed E-state index contributed by atoms with van der Waals surface area (Å²) in [5.41, 5.74) is 5.26. The van der Waals surface area contributed by atoms with Crippen LogP contribution in [0.5, 0.6) is 0 Å². The number of morpholine rings is 1. The van der Waals surface area contributed by atoms with Crippen LogP contribution in [0.15, 0.2) is 29.6 Å².